The lowest BCUT2D eigenvalue weighted by atomic mass is 10.0. The molecule has 3 rings (SSSR count). The fourth-order valence-corrected chi connectivity index (χ4v) is 5.22. The molecule has 0 bridgehead atoms. The Morgan fingerprint density at radius 1 is 0.519 bits per heavy atom. The van der Waals surface area contributed by atoms with Gasteiger partial charge in [0.15, 0.2) is 23.0 Å². The van der Waals surface area contributed by atoms with Gasteiger partial charge in [0.25, 0.3) is 0 Å². The maximum Gasteiger partial charge on any atom is 0.224 e. The van der Waals surface area contributed by atoms with E-state index >= 15 is 0 Å². The molecule has 0 saturated carbocycles. The number of hydrogen-bond acceptors (Lipinski definition) is 10. The topological polar surface area (TPSA) is 132 Å². The highest BCUT2D eigenvalue weighted by molar-refractivity contribution is 5.91. The van der Waals surface area contributed by atoms with Crippen molar-refractivity contribution >= 4 is 23.2 Å². The van der Waals surface area contributed by atoms with Crippen LogP contribution in [0.4, 0.5) is 11.4 Å². The van der Waals surface area contributed by atoms with Crippen LogP contribution in [-0.2, 0) is 28.5 Å². The molecule has 300 valence electrons. The molecule has 0 aromatic heterocycles. The lowest BCUT2D eigenvalue weighted by Crippen LogP contribution is -2.17. The van der Waals surface area contributed by atoms with Gasteiger partial charge in [-0.05, 0) is 76.6 Å². The molecular formula is C42H62N2O10. The van der Waals surface area contributed by atoms with Crippen LogP contribution in [0.15, 0.2) is 59.7 Å². The summed E-state index contributed by atoms with van der Waals surface area (Å²) < 4.78 is 46.9. The summed E-state index contributed by atoms with van der Waals surface area (Å²) in [6.45, 7) is 16.4. The number of carbonyl (C=O) groups excluding carboxylic acids is 2. The lowest BCUT2D eigenvalue weighted by molar-refractivity contribution is -0.117. The van der Waals surface area contributed by atoms with Gasteiger partial charge in [-0.1, -0.05) is 37.1 Å². The van der Waals surface area contributed by atoms with Gasteiger partial charge in [-0.2, -0.15) is 0 Å². The molecule has 12 nitrogen and oxygen atoms in total. The van der Waals surface area contributed by atoms with Gasteiger partial charge in [0.05, 0.1) is 52.9 Å². The van der Waals surface area contributed by atoms with Crippen molar-refractivity contribution in [2.24, 2.45) is 11.8 Å². The highest BCUT2D eigenvalue weighted by atomic mass is 16.6. The first-order valence-electron chi connectivity index (χ1n) is 19.1. The molecule has 2 atom stereocenters. The first-order valence-corrected chi connectivity index (χ1v) is 19.1. The number of fused-ring (bicyclic) bond motifs is 2. The molecular weight excluding hydrogens is 692 g/mol. The Labute approximate surface area is 321 Å². The van der Waals surface area contributed by atoms with E-state index in [2.05, 4.69) is 64.3 Å². The maximum absolute atomic E-state index is 12.7. The van der Waals surface area contributed by atoms with Gasteiger partial charge in [0.2, 0.25) is 11.8 Å². The van der Waals surface area contributed by atoms with Gasteiger partial charge in [-0.3, -0.25) is 9.59 Å². The third kappa shape index (κ3) is 19.3. The van der Waals surface area contributed by atoms with Crippen molar-refractivity contribution in [3.8, 4) is 23.0 Å². The van der Waals surface area contributed by atoms with Crippen molar-refractivity contribution in [1.29, 1.82) is 0 Å². The Morgan fingerprint density at radius 3 is 1.17 bits per heavy atom. The van der Waals surface area contributed by atoms with Crippen molar-refractivity contribution in [2.45, 2.75) is 67.2 Å². The molecule has 0 spiro atoms. The predicted molar refractivity (Wildman–Crippen MR) is 211 cm³/mol. The van der Waals surface area contributed by atoms with E-state index in [0.29, 0.717) is 113 Å². The molecule has 2 N–H and O–H groups in total. The second-order valence-electron chi connectivity index (χ2n) is 13.9. The molecule has 0 aliphatic carbocycles. The summed E-state index contributed by atoms with van der Waals surface area (Å²) >= 11 is 0. The quantitative estimate of drug-likeness (QED) is 0.234. The molecule has 0 radical (unpaired) electrons. The highest BCUT2D eigenvalue weighted by Gasteiger charge is 2.14. The fraction of sp³-hybridized carbons (Fsp3) is 0.571. The van der Waals surface area contributed by atoms with E-state index < -0.39 is 0 Å². The summed E-state index contributed by atoms with van der Waals surface area (Å²) in [5, 5.41) is 5.96. The third-order valence-corrected chi connectivity index (χ3v) is 8.06. The van der Waals surface area contributed by atoms with Gasteiger partial charge >= 0.3 is 0 Å². The number of amides is 2. The van der Waals surface area contributed by atoms with Crippen LogP contribution in [-0.4, -0.2) is 91.1 Å². The van der Waals surface area contributed by atoms with Gasteiger partial charge in [-0.15, -0.1) is 0 Å². The minimum Gasteiger partial charge on any atom is -0.487 e. The average Bonchev–Trinajstić information content (AvgIpc) is 3.12. The molecule has 1 aliphatic heterocycles. The largest absolute Gasteiger partial charge is 0.487 e. The zero-order valence-electron chi connectivity index (χ0n) is 33.2. The summed E-state index contributed by atoms with van der Waals surface area (Å²) in [7, 11) is 0. The number of nitrogens with one attached hydrogen (secondary N) is 2. The summed E-state index contributed by atoms with van der Waals surface area (Å²) in [5.41, 5.74) is 3.74. The van der Waals surface area contributed by atoms with Crippen LogP contribution < -0.4 is 29.6 Å². The van der Waals surface area contributed by atoms with E-state index in [0.717, 1.165) is 12.8 Å². The van der Waals surface area contributed by atoms with Crippen LogP contribution in [0.3, 0.4) is 0 Å². The highest BCUT2D eigenvalue weighted by Crippen LogP contribution is 2.32. The molecule has 1 aliphatic rings. The number of benzene rings is 2. The standard InChI is InChI=1S/C42H62N2O10/c1-31(2)7-9-33(5)27-41(45)43-35-11-13-37-39(29-35)53-25-21-49-17-15-48-20-24-52-38-14-12-36(44-42(46)28-34(6)10-8-32(3)4)30-40(38)54-26-22-50-18-16-47-19-23-51-37/h7-8,11-14,29-30,33-34H,9-10,15-28H2,1-6H3,(H,43,45)(H,44,46)/t33-,34-/m1/s1. The molecule has 0 fully saturated rings. The second kappa shape index (κ2) is 25.8. The number of hydrogen-bond donors (Lipinski definition) is 2. The lowest BCUT2D eigenvalue weighted by Gasteiger charge is -2.16. The SMILES string of the molecule is CC(C)=CC[C@@H](C)CC(=O)Nc1ccc2c(c1)OCCOCCOCCOc1ccc(NC(=O)C[C@H](C)CC=C(C)C)cc1OCCOCCOCCO2. The van der Waals surface area contributed by atoms with E-state index in [4.69, 9.17) is 37.9 Å². The van der Waals surface area contributed by atoms with Crippen LogP contribution in [0.1, 0.15) is 67.2 Å². The van der Waals surface area contributed by atoms with Crippen molar-refractivity contribution in [3.05, 3.63) is 59.7 Å². The van der Waals surface area contributed by atoms with Crippen molar-refractivity contribution in [2.75, 3.05) is 89.9 Å². The smallest absolute Gasteiger partial charge is 0.224 e. The third-order valence-electron chi connectivity index (χ3n) is 8.06. The monoisotopic (exact) mass is 754 g/mol. The number of carbonyl (C=O) groups is 2. The maximum atomic E-state index is 12.7. The molecule has 2 aromatic carbocycles. The Bertz CT molecular complexity index is 1360. The minimum absolute atomic E-state index is 0.0543. The van der Waals surface area contributed by atoms with Crippen molar-refractivity contribution < 1.29 is 47.5 Å². The average molecular weight is 755 g/mol. The zero-order valence-corrected chi connectivity index (χ0v) is 33.2. The van der Waals surface area contributed by atoms with E-state index in [1.807, 2.05) is 0 Å². The number of rotatable bonds is 10. The van der Waals surface area contributed by atoms with Crippen molar-refractivity contribution in [1.82, 2.24) is 0 Å². The van der Waals surface area contributed by atoms with Gasteiger partial charge in [-0.25, -0.2) is 0 Å². The normalized spacial score (nSPS) is 16.4. The summed E-state index contributed by atoms with van der Waals surface area (Å²) in [6.07, 6.45) is 6.85. The van der Waals surface area contributed by atoms with Crippen LogP contribution in [0.2, 0.25) is 0 Å². The van der Waals surface area contributed by atoms with E-state index in [1.54, 1.807) is 36.4 Å². The number of anilines is 2. The Hall–Kier alpha value is -4.10. The van der Waals surface area contributed by atoms with Crippen LogP contribution in [0.25, 0.3) is 0 Å². The molecule has 1 heterocycles. The molecule has 2 amide bonds. The number of allylic oxidation sites excluding steroid dienone is 4. The Morgan fingerprint density at radius 2 is 0.833 bits per heavy atom. The Kier molecular flexibility index (Phi) is 21.2. The Balaban J connectivity index is 1.53. The summed E-state index contributed by atoms with van der Waals surface area (Å²) in [4.78, 5) is 25.4. The molecule has 54 heavy (non-hydrogen) atoms. The molecule has 0 unspecified atom stereocenters. The van der Waals surface area contributed by atoms with Crippen molar-refractivity contribution in [3.63, 3.8) is 0 Å². The van der Waals surface area contributed by atoms with Gasteiger partial charge < -0.3 is 48.5 Å². The van der Waals surface area contributed by atoms with Gasteiger partial charge in [0, 0.05) is 36.3 Å². The van der Waals surface area contributed by atoms with E-state index in [1.165, 1.54) is 11.1 Å². The van der Waals surface area contributed by atoms with E-state index in [-0.39, 0.29) is 36.9 Å². The van der Waals surface area contributed by atoms with Crippen LogP contribution >= 0.6 is 0 Å². The molecule has 12 heteroatoms. The van der Waals surface area contributed by atoms with E-state index in [9.17, 15) is 9.59 Å². The predicted octanol–water partition coefficient (Wildman–Crippen LogP) is 7.62. The van der Waals surface area contributed by atoms with Crippen LogP contribution in [0, 0.1) is 11.8 Å². The zero-order chi connectivity index (χ0) is 39.0. The fourth-order valence-electron chi connectivity index (χ4n) is 5.22. The summed E-state index contributed by atoms with van der Waals surface area (Å²) in [5.74, 6) is 2.42. The number of ether oxygens (including phenoxy) is 8. The second-order valence-corrected chi connectivity index (χ2v) is 13.9. The summed E-state index contributed by atoms with van der Waals surface area (Å²) in [6, 6.07) is 10.7. The molecule has 2 aromatic rings. The van der Waals surface area contributed by atoms with Crippen LogP contribution in [0.5, 0.6) is 23.0 Å². The van der Waals surface area contributed by atoms with Gasteiger partial charge in [0.1, 0.15) is 26.4 Å². The first kappa shape index (κ1) is 44.3. The molecule has 0 saturated heterocycles. The first-order chi connectivity index (χ1) is 26.1. The minimum atomic E-state index is -0.0543.